The monoisotopic (exact) mass is 264 g/mol. The van der Waals surface area contributed by atoms with Crippen LogP contribution in [0.15, 0.2) is 0 Å². The van der Waals surface area contributed by atoms with Crippen LogP contribution >= 0.6 is 0 Å². The third-order valence-electron chi connectivity index (χ3n) is 4.43. The summed E-state index contributed by atoms with van der Waals surface area (Å²) in [7, 11) is 0. The van der Waals surface area contributed by atoms with Gasteiger partial charge >= 0.3 is 0 Å². The molecule has 1 aromatic rings. The molecule has 1 aliphatic carbocycles. The Bertz CT molecular complexity index is 494. The molecule has 106 valence electrons. The maximum atomic E-state index is 11.5. The van der Waals surface area contributed by atoms with Crippen LogP contribution in [0.5, 0.6) is 0 Å². The van der Waals surface area contributed by atoms with Crippen molar-refractivity contribution < 1.29 is 4.79 Å². The summed E-state index contributed by atoms with van der Waals surface area (Å²) in [6.07, 6.45) is 4.18. The van der Waals surface area contributed by atoms with Crippen LogP contribution in [0.3, 0.4) is 0 Å². The van der Waals surface area contributed by atoms with Crippen LogP contribution in [-0.2, 0) is 11.2 Å². The molecule has 2 unspecified atom stereocenters. The Morgan fingerprint density at radius 3 is 2.74 bits per heavy atom. The number of nitrogens with two attached hydrogens (primary N) is 2. The average Bonchev–Trinajstić information content (AvgIpc) is 2.64. The average molecular weight is 264 g/mol. The number of primary amides is 1. The van der Waals surface area contributed by atoms with Crippen molar-refractivity contribution in [3.8, 4) is 0 Å². The molecule has 0 spiro atoms. The summed E-state index contributed by atoms with van der Waals surface area (Å²) in [5, 5.41) is 4.64. The van der Waals surface area contributed by atoms with E-state index < -0.39 is 11.4 Å². The molecule has 1 aliphatic rings. The Hall–Kier alpha value is -1.36. The van der Waals surface area contributed by atoms with E-state index in [0.717, 1.165) is 25.0 Å². The van der Waals surface area contributed by atoms with Gasteiger partial charge in [-0.25, -0.2) is 0 Å². The third kappa shape index (κ3) is 2.39. The Morgan fingerprint density at radius 1 is 1.53 bits per heavy atom. The van der Waals surface area contributed by atoms with E-state index >= 15 is 0 Å². The SMILES string of the molecule is CCc1c(C)nn(C2CCCC(N)(C(N)=O)C2)c1C. The van der Waals surface area contributed by atoms with Crippen molar-refractivity contribution >= 4 is 5.91 Å². The van der Waals surface area contributed by atoms with Crippen LogP contribution in [0.4, 0.5) is 0 Å². The predicted molar refractivity (Wildman–Crippen MR) is 74.7 cm³/mol. The maximum Gasteiger partial charge on any atom is 0.237 e. The van der Waals surface area contributed by atoms with Crippen molar-refractivity contribution in [2.45, 2.75) is 64.5 Å². The van der Waals surface area contributed by atoms with Crippen molar-refractivity contribution in [1.29, 1.82) is 0 Å². The van der Waals surface area contributed by atoms with E-state index in [4.69, 9.17) is 11.5 Å². The van der Waals surface area contributed by atoms with E-state index in [0.29, 0.717) is 12.8 Å². The molecule has 0 aromatic carbocycles. The maximum absolute atomic E-state index is 11.5. The van der Waals surface area contributed by atoms with Crippen molar-refractivity contribution in [3.63, 3.8) is 0 Å². The summed E-state index contributed by atoms with van der Waals surface area (Å²) in [5.41, 5.74) is 14.3. The molecular formula is C14H24N4O. The fraction of sp³-hybridized carbons (Fsp3) is 0.714. The molecular weight excluding hydrogens is 240 g/mol. The zero-order valence-corrected chi connectivity index (χ0v) is 12.1. The number of aryl methyl sites for hydroxylation is 1. The Balaban J connectivity index is 2.30. The van der Waals surface area contributed by atoms with Crippen molar-refractivity contribution in [2.75, 3.05) is 0 Å². The molecule has 0 saturated heterocycles. The van der Waals surface area contributed by atoms with Gasteiger partial charge in [-0.15, -0.1) is 0 Å². The molecule has 5 nitrogen and oxygen atoms in total. The summed E-state index contributed by atoms with van der Waals surface area (Å²) >= 11 is 0. The van der Waals surface area contributed by atoms with E-state index in [1.165, 1.54) is 11.3 Å². The van der Waals surface area contributed by atoms with E-state index in [1.54, 1.807) is 0 Å². The summed E-state index contributed by atoms with van der Waals surface area (Å²) in [6, 6.07) is 0.185. The Morgan fingerprint density at radius 2 is 2.21 bits per heavy atom. The van der Waals surface area contributed by atoms with Gasteiger partial charge in [0.15, 0.2) is 0 Å². The molecule has 0 bridgehead atoms. The van der Waals surface area contributed by atoms with Gasteiger partial charge < -0.3 is 11.5 Å². The lowest BCUT2D eigenvalue weighted by Crippen LogP contribution is -2.55. The fourth-order valence-electron chi connectivity index (χ4n) is 3.27. The zero-order chi connectivity index (χ0) is 14.2. The van der Waals surface area contributed by atoms with Gasteiger partial charge in [0.05, 0.1) is 17.3 Å². The first-order valence-corrected chi connectivity index (χ1v) is 7.02. The second kappa shape index (κ2) is 4.96. The van der Waals surface area contributed by atoms with Gasteiger partial charge in [0, 0.05) is 5.69 Å². The minimum Gasteiger partial charge on any atom is -0.368 e. The molecule has 0 radical (unpaired) electrons. The molecule has 2 atom stereocenters. The quantitative estimate of drug-likeness (QED) is 0.864. The minimum atomic E-state index is -0.873. The van der Waals surface area contributed by atoms with Crippen molar-refractivity contribution in [1.82, 2.24) is 9.78 Å². The molecule has 1 aromatic heterocycles. The number of nitrogens with zero attached hydrogens (tertiary/aromatic N) is 2. The van der Waals surface area contributed by atoms with Gasteiger partial charge in [0.2, 0.25) is 5.91 Å². The molecule has 1 fully saturated rings. The van der Waals surface area contributed by atoms with Crippen LogP contribution in [0.25, 0.3) is 0 Å². The second-order valence-corrected chi connectivity index (χ2v) is 5.72. The summed E-state index contributed by atoms with van der Waals surface area (Å²) in [4.78, 5) is 11.5. The normalized spacial score (nSPS) is 27.5. The van der Waals surface area contributed by atoms with E-state index in [9.17, 15) is 4.79 Å². The van der Waals surface area contributed by atoms with Gasteiger partial charge in [-0.2, -0.15) is 5.10 Å². The van der Waals surface area contributed by atoms with Crippen LogP contribution < -0.4 is 11.5 Å². The van der Waals surface area contributed by atoms with Crippen LogP contribution in [0.1, 0.15) is 55.6 Å². The van der Waals surface area contributed by atoms with Gasteiger partial charge in [-0.3, -0.25) is 9.48 Å². The van der Waals surface area contributed by atoms with E-state index in [1.807, 2.05) is 6.92 Å². The number of aromatic nitrogens is 2. The number of rotatable bonds is 3. The molecule has 4 N–H and O–H groups in total. The highest BCUT2D eigenvalue weighted by molar-refractivity contribution is 5.84. The Kier molecular flexibility index (Phi) is 3.67. The standard InChI is InChI=1S/C14H24N4O/c1-4-12-9(2)17-18(10(12)3)11-6-5-7-14(16,8-11)13(15)19/h11H,4-8,16H2,1-3H3,(H2,15,19). The van der Waals surface area contributed by atoms with Gasteiger partial charge in [0.25, 0.3) is 0 Å². The highest BCUT2D eigenvalue weighted by atomic mass is 16.1. The van der Waals surface area contributed by atoms with E-state index in [-0.39, 0.29) is 6.04 Å². The molecule has 2 rings (SSSR count). The van der Waals surface area contributed by atoms with Crippen LogP contribution in [-0.4, -0.2) is 21.2 Å². The summed E-state index contributed by atoms with van der Waals surface area (Å²) < 4.78 is 2.05. The highest BCUT2D eigenvalue weighted by Gasteiger charge is 2.39. The predicted octanol–water partition coefficient (Wildman–Crippen LogP) is 1.36. The summed E-state index contributed by atoms with van der Waals surface area (Å²) in [6.45, 7) is 6.27. The smallest absolute Gasteiger partial charge is 0.237 e. The molecule has 1 amide bonds. The zero-order valence-electron chi connectivity index (χ0n) is 12.1. The first-order valence-electron chi connectivity index (χ1n) is 7.02. The first-order chi connectivity index (χ1) is 8.89. The molecule has 1 heterocycles. The number of hydrogen-bond acceptors (Lipinski definition) is 3. The number of carbonyl (C=O) groups excluding carboxylic acids is 1. The topological polar surface area (TPSA) is 86.9 Å². The molecule has 1 saturated carbocycles. The van der Waals surface area contributed by atoms with Gasteiger partial charge in [0.1, 0.15) is 0 Å². The van der Waals surface area contributed by atoms with Crippen LogP contribution in [0.2, 0.25) is 0 Å². The first kappa shape index (κ1) is 14.1. The number of carbonyl (C=O) groups is 1. The largest absolute Gasteiger partial charge is 0.368 e. The third-order valence-corrected chi connectivity index (χ3v) is 4.43. The lowest BCUT2D eigenvalue weighted by Gasteiger charge is -2.35. The number of amides is 1. The van der Waals surface area contributed by atoms with Crippen molar-refractivity contribution in [2.24, 2.45) is 11.5 Å². The van der Waals surface area contributed by atoms with Crippen LogP contribution in [0, 0.1) is 13.8 Å². The molecule has 0 aliphatic heterocycles. The molecule has 5 heteroatoms. The Labute approximate surface area is 114 Å². The number of hydrogen-bond donors (Lipinski definition) is 2. The lowest BCUT2D eigenvalue weighted by molar-refractivity contribution is -0.124. The molecule has 19 heavy (non-hydrogen) atoms. The second-order valence-electron chi connectivity index (χ2n) is 5.72. The van der Waals surface area contributed by atoms with Gasteiger partial charge in [-0.1, -0.05) is 6.92 Å². The minimum absolute atomic E-state index is 0.185. The highest BCUT2D eigenvalue weighted by Crippen LogP contribution is 2.35. The van der Waals surface area contributed by atoms with Crippen molar-refractivity contribution in [3.05, 3.63) is 17.0 Å². The van der Waals surface area contributed by atoms with E-state index in [2.05, 4.69) is 23.6 Å². The van der Waals surface area contributed by atoms with Gasteiger partial charge in [-0.05, 0) is 51.5 Å². The lowest BCUT2D eigenvalue weighted by atomic mass is 9.79. The summed E-state index contributed by atoms with van der Waals surface area (Å²) in [5.74, 6) is -0.394. The fourth-order valence-corrected chi connectivity index (χ4v) is 3.27.